The molecule has 0 aliphatic carbocycles. The molecule has 0 bridgehead atoms. The summed E-state index contributed by atoms with van der Waals surface area (Å²) in [6, 6.07) is 3.92. The zero-order valence-electron chi connectivity index (χ0n) is 12.4. The fourth-order valence-corrected chi connectivity index (χ4v) is 3.90. The van der Waals surface area contributed by atoms with E-state index >= 15 is 0 Å². The molecule has 1 heterocycles. The van der Waals surface area contributed by atoms with Crippen molar-refractivity contribution in [2.75, 3.05) is 6.26 Å². The quantitative estimate of drug-likeness (QED) is 0.561. The molecule has 0 fully saturated rings. The van der Waals surface area contributed by atoms with E-state index in [1.807, 2.05) is 19.1 Å². The molecule has 0 spiro atoms. The highest BCUT2D eigenvalue weighted by molar-refractivity contribution is 14.1. The number of hydrogen-bond acceptors (Lipinski definition) is 4. The molecular weight excluding hydrogens is 403 g/mol. The number of hydrogen-bond donors (Lipinski definition) is 0. The summed E-state index contributed by atoms with van der Waals surface area (Å²) < 4.78 is 24.0. The second kappa shape index (κ2) is 6.48. The van der Waals surface area contributed by atoms with E-state index in [1.54, 1.807) is 20.1 Å². The molecule has 1 aromatic carbocycles. The third kappa shape index (κ3) is 3.66. The van der Waals surface area contributed by atoms with E-state index in [9.17, 15) is 9.00 Å². The smallest absolute Gasteiger partial charge is 0.313 e. The lowest BCUT2D eigenvalue weighted by molar-refractivity contribution is -0.146. The average Bonchev–Trinajstić information content (AvgIpc) is 2.65. The van der Waals surface area contributed by atoms with Gasteiger partial charge in [0.2, 0.25) is 0 Å². The third-order valence-electron chi connectivity index (χ3n) is 2.92. The first-order chi connectivity index (χ1) is 9.79. The predicted molar refractivity (Wildman–Crippen MR) is 90.9 cm³/mol. The molecule has 0 amide bonds. The number of rotatable bonds is 4. The Morgan fingerprint density at radius 1 is 1.43 bits per heavy atom. The Labute approximate surface area is 139 Å². The van der Waals surface area contributed by atoms with Gasteiger partial charge in [0.1, 0.15) is 17.8 Å². The van der Waals surface area contributed by atoms with Gasteiger partial charge in [0, 0.05) is 15.2 Å². The van der Waals surface area contributed by atoms with Crippen molar-refractivity contribution in [1.29, 1.82) is 0 Å². The molecule has 1 aromatic heterocycles. The summed E-state index contributed by atoms with van der Waals surface area (Å²) in [5.74, 6) is 0.0599. The minimum atomic E-state index is -1.23. The zero-order valence-corrected chi connectivity index (χ0v) is 15.3. The molecule has 0 aliphatic rings. The van der Waals surface area contributed by atoms with Crippen molar-refractivity contribution in [3.63, 3.8) is 0 Å². The van der Waals surface area contributed by atoms with E-state index in [2.05, 4.69) is 22.6 Å². The second-order valence-electron chi connectivity index (χ2n) is 5.12. The zero-order chi connectivity index (χ0) is 15.7. The van der Waals surface area contributed by atoms with Crippen molar-refractivity contribution in [1.82, 2.24) is 0 Å². The molecule has 0 N–H and O–H groups in total. The Morgan fingerprint density at radius 3 is 2.67 bits per heavy atom. The number of esters is 1. The number of aryl methyl sites for hydroxylation is 1. The molecule has 4 nitrogen and oxygen atoms in total. The van der Waals surface area contributed by atoms with E-state index in [0.717, 1.165) is 14.5 Å². The Balaban J connectivity index is 2.53. The monoisotopic (exact) mass is 420 g/mol. The summed E-state index contributed by atoms with van der Waals surface area (Å²) in [6.07, 6.45) is 1.41. The lowest BCUT2D eigenvalue weighted by Crippen LogP contribution is -2.14. The third-order valence-corrected chi connectivity index (χ3v) is 4.57. The summed E-state index contributed by atoms with van der Waals surface area (Å²) >= 11 is 2.21. The van der Waals surface area contributed by atoms with Gasteiger partial charge >= 0.3 is 5.97 Å². The van der Waals surface area contributed by atoms with Gasteiger partial charge in [-0.3, -0.25) is 9.00 Å². The number of fused-ring (bicyclic) bond motifs is 1. The minimum absolute atomic E-state index is 0.00219. The van der Waals surface area contributed by atoms with Crippen LogP contribution in [0.2, 0.25) is 0 Å². The molecule has 2 rings (SSSR count). The summed E-state index contributed by atoms with van der Waals surface area (Å²) in [5.41, 5.74) is 1.65. The van der Waals surface area contributed by atoms with Gasteiger partial charge in [-0.05, 0) is 61.1 Å². The van der Waals surface area contributed by atoms with Crippen molar-refractivity contribution >= 4 is 50.3 Å². The van der Waals surface area contributed by atoms with Gasteiger partial charge in [-0.25, -0.2) is 0 Å². The van der Waals surface area contributed by atoms with Gasteiger partial charge in [0.15, 0.2) is 0 Å². The summed E-state index contributed by atoms with van der Waals surface area (Å²) in [4.78, 5) is 12.4. The lowest BCUT2D eigenvalue weighted by Gasteiger charge is -2.06. The highest BCUT2D eigenvalue weighted by Gasteiger charge is 2.22. The molecule has 1 atom stereocenters. The molecular formula is C15H17IO4S. The fourth-order valence-electron chi connectivity index (χ4n) is 2.22. The van der Waals surface area contributed by atoms with Crippen LogP contribution in [0.5, 0.6) is 0 Å². The van der Waals surface area contributed by atoms with Crippen LogP contribution in [0.25, 0.3) is 11.0 Å². The van der Waals surface area contributed by atoms with Crippen LogP contribution in [0, 0.1) is 10.5 Å². The van der Waals surface area contributed by atoms with Crippen molar-refractivity contribution < 1.29 is 18.2 Å². The molecule has 0 saturated carbocycles. The van der Waals surface area contributed by atoms with E-state index in [4.69, 9.17) is 9.15 Å². The summed E-state index contributed by atoms with van der Waals surface area (Å²) in [5, 5.41) is 0.813. The highest BCUT2D eigenvalue weighted by Crippen LogP contribution is 2.32. The first-order valence-corrected chi connectivity index (χ1v) is 9.17. The molecule has 6 heteroatoms. The molecule has 1 unspecified atom stereocenters. The molecule has 0 saturated heterocycles. The first kappa shape index (κ1) is 16.5. The molecule has 114 valence electrons. The number of halogens is 1. The van der Waals surface area contributed by atoms with Crippen LogP contribution in [-0.2, 0) is 26.8 Å². The Hall–Kier alpha value is -0.890. The SMILES string of the molecule is Cc1cc(I)cc2c(S(C)=O)c(CC(=O)OC(C)C)oc12. The van der Waals surface area contributed by atoms with Gasteiger partial charge < -0.3 is 9.15 Å². The molecule has 21 heavy (non-hydrogen) atoms. The predicted octanol–water partition coefficient (Wildman–Crippen LogP) is 3.58. The van der Waals surface area contributed by atoms with Crippen molar-refractivity contribution in [3.8, 4) is 0 Å². The van der Waals surface area contributed by atoms with Crippen LogP contribution >= 0.6 is 22.6 Å². The number of furan rings is 1. The first-order valence-electron chi connectivity index (χ1n) is 6.54. The van der Waals surface area contributed by atoms with Gasteiger partial charge in [-0.2, -0.15) is 0 Å². The van der Waals surface area contributed by atoms with E-state index < -0.39 is 10.8 Å². The van der Waals surface area contributed by atoms with Crippen LogP contribution in [0.3, 0.4) is 0 Å². The highest BCUT2D eigenvalue weighted by atomic mass is 127. The largest absolute Gasteiger partial charge is 0.463 e. The van der Waals surface area contributed by atoms with Crippen LogP contribution in [0.4, 0.5) is 0 Å². The standard InChI is InChI=1S/C15H17IO4S/c1-8(2)19-13(17)7-12-15(21(4)18)11-6-10(16)5-9(3)14(11)20-12/h5-6,8H,7H2,1-4H3. The molecule has 0 aliphatic heterocycles. The number of ether oxygens (including phenoxy) is 1. The maximum Gasteiger partial charge on any atom is 0.313 e. The van der Waals surface area contributed by atoms with E-state index in [-0.39, 0.29) is 18.5 Å². The van der Waals surface area contributed by atoms with Gasteiger partial charge in [-0.15, -0.1) is 0 Å². The van der Waals surface area contributed by atoms with Crippen molar-refractivity contribution in [2.24, 2.45) is 0 Å². The van der Waals surface area contributed by atoms with Gasteiger partial charge in [-0.1, -0.05) is 0 Å². The summed E-state index contributed by atoms with van der Waals surface area (Å²) in [6.45, 7) is 5.52. The fraction of sp³-hybridized carbons (Fsp3) is 0.400. The van der Waals surface area contributed by atoms with Gasteiger partial charge in [0.25, 0.3) is 0 Å². The Kier molecular flexibility index (Phi) is 5.08. The van der Waals surface area contributed by atoms with Gasteiger partial charge in [0.05, 0.1) is 21.8 Å². The van der Waals surface area contributed by atoms with E-state index in [0.29, 0.717) is 16.2 Å². The molecule has 0 radical (unpaired) electrons. The average molecular weight is 420 g/mol. The lowest BCUT2D eigenvalue weighted by atomic mass is 10.2. The minimum Gasteiger partial charge on any atom is -0.463 e. The number of carbonyl (C=O) groups excluding carboxylic acids is 1. The Bertz CT molecular complexity index is 718. The molecule has 2 aromatic rings. The van der Waals surface area contributed by atoms with Crippen molar-refractivity contribution in [2.45, 2.75) is 38.2 Å². The topological polar surface area (TPSA) is 56.5 Å². The van der Waals surface area contributed by atoms with Crippen LogP contribution in [0.1, 0.15) is 25.2 Å². The van der Waals surface area contributed by atoms with Crippen molar-refractivity contribution in [3.05, 3.63) is 27.0 Å². The normalized spacial score (nSPS) is 12.9. The maximum absolute atomic E-state index is 12.1. The second-order valence-corrected chi connectivity index (χ2v) is 7.69. The van der Waals surface area contributed by atoms with E-state index in [1.165, 1.54) is 0 Å². The number of benzene rings is 1. The van der Waals surface area contributed by atoms with Crippen LogP contribution in [0.15, 0.2) is 21.4 Å². The van der Waals surface area contributed by atoms with Crippen LogP contribution < -0.4 is 0 Å². The summed E-state index contributed by atoms with van der Waals surface area (Å²) in [7, 11) is -1.23. The number of carbonyl (C=O) groups is 1. The maximum atomic E-state index is 12.1. The van der Waals surface area contributed by atoms with Crippen LogP contribution in [-0.4, -0.2) is 22.5 Å². The Morgan fingerprint density at radius 2 is 2.10 bits per heavy atom.